The average Bonchev–Trinajstić information content (AvgIpc) is 3.01. The Hall–Kier alpha value is -1.58. The topological polar surface area (TPSA) is 109 Å². The minimum Gasteiger partial charge on any atom is -0.481 e. The second-order valence-corrected chi connectivity index (χ2v) is 8.06. The van der Waals surface area contributed by atoms with Crippen molar-refractivity contribution in [2.75, 3.05) is 6.54 Å². The van der Waals surface area contributed by atoms with Gasteiger partial charge in [-0.3, -0.25) is 4.79 Å². The SMILES string of the molecule is O=C(O)C1CCC(CNS(=O)(=O)c2cccc3nsnc23)CC1. The molecule has 0 aliphatic heterocycles. The van der Waals surface area contributed by atoms with Crippen molar-refractivity contribution in [1.29, 1.82) is 0 Å². The van der Waals surface area contributed by atoms with Gasteiger partial charge in [0, 0.05) is 6.54 Å². The number of carboxylic acids is 1. The Morgan fingerprint density at radius 2 is 2.00 bits per heavy atom. The molecule has 1 heterocycles. The number of rotatable bonds is 5. The van der Waals surface area contributed by atoms with Crippen LogP contribution in [0.3, 0.4) is 0 Å². The molecule has 1 aromatic carbocycles. The molecule has 0 amide bonds. The third-order valence-corrected chi connectivity index (χ3v) is 6.29. The summed E-state index contributed by atoms with van der Waals surface area (Å²) < 4.78 is 35.7. The van der Waals surface area contributed by atoms with Crippen molar-refractivity contribution in [3.63, 3.8) is 0 Å². The maximum atomic E-state index is 12.5. The number of hydrogen-bond donors (Lipinski definition) is 2. The van der Waals surface area contributed by atoms with E-state index in [1.54, 1.807) is 12.1 Å². The number of nitrogens with one attached hydrogen (secondary N) is 1. The maximum absolute atomic E-state index is 12.5. The van der Waals surface area contributed by atoms with Gasteiger partial charge >= 0.3 is 5.97 Å². The molecule has 1 saturated carbocycles. The summed E-state index contributed by atoms with van der Waals surface area (Å²) in [5.74, 6) is -0.877. The molecule has 0 spiro atoms. The first-order chi connectivity index (χ1) is 11.0. The predicted octanol–water partition coefficient (Wildman–Crippen LogP) is 1.86. The molecule has 0 radical (unpaired) electrons. The molecular weight excluding hydrogens is 338 g/mol. The van der Waals surface area contributed by atoms with Crippen LogP contribution in [0.15, 0.2) is 23.1 Å². The Kier molecular flexibility index (Phi) is 4.60. The third-order valence-electron chi connectivity index (χ3n) is 4.30. The van der Waals surface area contributed by atoms with Crippen LogP contribution in [0.2, 0.25) is 0 Å². The van der Waals surface area contributed by atoms with E-state index in [1.165, 1.54) is 6.07 Å². The van der Waals surface area contributed by atoms with Gasteiger partial charge in [-0.15, -0.1) is 0 Å². The number of aliphatic carboxylic acids is 1. The fourth-order valence-electron chi connectivity index (χ4n) is 2.92. The zero-order chi connectivity index (χ0) is 16.4. The van der Waals surface area contributed by atoms with Crippen LogP contribution in [0, 0.1) is 11.8 Å². The highest BCUT2D eigenvalue weighted by atomic mass is 32.2. The number of aromatic nitrogens is 2. The lowest BCUT2D eigenvalue weighted by Crippen LogP contribution is -2.32. The number of fused-ring (bicyclic) bond motifs is 1. The van der Waals surface area contributed by atoms with E-state index in [0.29, 0.717) is 30.4 Å². The van der Waals surface area contributed by atoms with E-state index in [0.717, 1.165) is 24.6 Å². The van der Waals surface area contributed by atoms with Crippen LogP contribution in [0.4, 0.5) is 0 Å². The van der Waals surface area contributed by atoms with Crippen molar-refractivity contribution in [1.82, 2.24) is 13.5 Å². The maximum Gasteiger partial charge on any atom is 0.306 e. The van der Waals surface area contributed by atoms with Crippen LogP contribution in [0.5, 0.6) is 0 Å². The molecular formula is C14H17N3O4S2. The minimum atomic E-state index is -3.65. The molecule has 9 heteroatoms. The highest BCUT2D eigenvalue weighted by molar-refractivity contribution is 7.89. The van der Waals surface area contributed by atoms with E-state index in [1.807, 2.05) is 0 Å². The number of benzene rings is 1. The highest BCUT2D eigenvalue weighted by Gasteiger charge is 2.27. The van der Waals surface area contributed by atoms with Gasteiger partial charge in [0.1, 0.15) is 15.9 Å². The summed E-state index contributed by atoms with van der Waals surface area (Å²) in [6.45, 7) is 0.322. The van der Waals surface area contributed by atoms with Gasteiger partial charge in [-0.25, -0.2) is 13.1 Å². The second kappa shape index (κ2) is 6.50. The molecule has 124 valence electrons. The standard InChI is InChI=1S/C14H17N3O4S2/c18-14(19)10-6-4-9(5-7-10)8-15-23(20,21)12-3-1-2-11-13(12)17-22-16-11/h1-3,9-10,15H,4-8H2,(H,18,19). The quantitative estimate of drug-likeness (QED) is 0.847. The largest absolute Gasteiger partial charge is 0.481 e. The molecule has 2 aromatic rings. The zero-order valence-electron chi connectivity index (χ0n) is 12.3. The van der Waals surface area contributed by atoms with Crippen LogP contribution in [-0.2, 0) is 14.8 Å². The van der Waals surface area contributed by atoms with Gasteiger partial charge in [0.15, 0.2) is 0 Å². The highest BCUT2D eigenvalue weighted by Crippen LogP contribution is 2.29. The lowest BCUT2D eigenvalue weighted by Gasteiger charge is -2.26. The van der Waals surface area contributed by atoms with E-state index >= 15 is 0 Å². The molecule has 1 aliphatic carbocycles. The van der Waals surface area contributed by atoms with Gasteiger partial charge < -0.3 is 5.11 Å². The molecule has 0 atom stereocenters. The van der Waals surface area contributed by atoms with Gasteiger partial charge in [0.25, 0.3) is 0 Å². The molecule has 1 aliphatic rings. The minimum absolute atomic E-state index is 0.142. The lowest BCUT2D eigenvalue weighted by atomic mass is 9.82. The molecule has 1 aromatic heterocycles. The van der Waals surface area contributed by atoms with Crippen molar-refractivity contribution < 1.29 is 18.3 Å². The first kappa shape index (κ1) is 16.3. The molecule has 0 saturated heterocycles. The Balaban J connectivity index is 1.66. The average molecular weight is 355 g/mol. The van der Waals surface area contributed by atoms with E-state index in [9.17, 15) is 13.2 Å². The van der Waals surface area contributed by atoms with Crippen LogP contribution in [0.25, 0.3) is 11.0 Å². The first-order valence-electron chi connectivity index (χ1n) is 7.41. The monoisotopic (exact) mass is 355 g/mol. The Bertz CT molecular complexity index is 810. The van der Waals surface area contributed by atoms with Crippen molar-refractivity contribution >= 4 is 38.8 Å². The van der Waals surface area contributed by atoms with Crippen LogP contribution < -0.4 is 4.72 Å². The van der Waals surface area contributed by atoms with E-state index in [2.05, 4.69) is 13.5 Å². The van der Waals surface area contributed by atoms with Crippen molar-refractivity contribution in [3.05, 3.63) is 18.2 Å². The zero-order valence-corrected chi connectivity index (χ0v) is 13.9. The van der Waals surface area contributed by atoms with Gasteiger partial charge in [0.05, 0.1) is 17.6 Å². The molecule has 7 nitrogen and oxygen atoms in total. The molecule has 3 rings (SSSR count). The summed E-state index contributed by atoms with van der Waals surface area (Å²) >= 11 is 0.984. The van der Waals surface area contributed by atoms with Gasteiger partial charge in [0.2, 0.25) is 10.0 Å². The Morgan fingerprint density at radius 1 is 1.26 bits per heavy atom. The van der Waals surface area contributed by atoms with Gasteiger partial charge in [-0.05, 0) is 43.7 Å². The van der Waals surface area contributed by atoms with Crippen LogP contribution in [0.1, 0.15) is 25.7 Å². The number of nitrogens with zero attached hydrogens (tertiary/aromatic N) is 2. The number of carboxylic acid groups (broad SMARTS) is 1. The molecule has 0 unspecified atom stereocenters. The first-order valence-corrected chi connectivity index (χ1v) is 9.62. The third kappa shape index (κ3) is 3.51. The number of hydrogen-bond acceptors (Lipinski definition) is 6. The Labute approximate surface area is 138 Å². The molecule has 23 heavy (non-hydrogen) atoms. The number of carbonyl (C=O) groups is 1. The fraction of sp³-hybridized carbons (Fsp3) is 0.500. The smallest absolute Gasteiger partial charge is 0.306 e. The van der Waals surface area contributed by atoms with E-state index in [4.69, 9.17) is 5.11 Å². The normalized spacial score (nSPS) is 22.3. The number of sulfonamides is 1. The second-order valence-electron chi connectivity index (χ2n) is 5.80. The van der Waals surface area contributed by atoms with Crippen molar-refractivity contribution in [2.24, 2.45) is 11.8 Å². The van der Waals surface area contributed by atoms with Crippen LogP contribution >= 0.6 is 11.7 Å². The van der Waals surface area contributed by atoms with E-state index < -0.39 is 16.0 Å². The van der Waals surface area contributed by atoms with Gasteiger partial charge in [-0.1, -0.05) is 6.07 Å². The summed E-state index contributed by atoms with van der Waals surface area (Å²) in [4.78, 5) is 11.1. The van der Waals surface area contributed by atoms with Crippen molar-refractivity contribution in [2.45, 2.75) is 30.6 Å². The molecule has 0 bridgehead atoms. The van der Waals surface area contributed by atoms with Crippen LogP contribution in [-0.4, -0.2) is 34.8 Å². The van der Waals surface area contributed by atoms with Crippen molar-refractivity contribution in [3.8, 4) is 0 Å². The summed E-state index contributed by atoms with van der Waals surface area (Å²) in [5, 5.41) is 8.99. The summed E-state index contributed by atoms with van der Waals surface area (Å²) in [6, 6.07) is 4.90. The fourth-order valence-corrected chi connectivity index (χ4v) is 4.80. The summed E-state index contributed by atoms with van der Waals surface area (Å²) in [6.07, 6.45) is 2.66. The van der Waals surface area contributed by atoms with E-state index in [-0.39, 0.29) is 16.7 Å². The lowest BCUT2D eigenvalue weighted by molar-refractivity contribution is -0.143. The molecule has 2 N–H and O–H groups in total. The van der Waals surface area contributed by atoms with Gasteiger partial charge in [-0.2, -0.15) is 8.75 Å². The molecule has 1 fully saturated rings. The summed E-state index contributed by atoms with van der Waals surface area (Å²) in [7, 11) is -3.65. The Morgan fingerprint density at radius 3 is 2.70 bits per heavy atom. The summed E-state index contributed by atoms with van der Waals surface area (Å²) in [5.41, 5.74) is 0.958. The predicted molar refractivity (Wildman–Crippen MR) is 85.7 cm³/mol.